The van der Waals surface area contributed by atoms with Crippen LogP contribution in [0.4, 0.5) is 0 Å². The zero-order chi connectivity index (χ0) is 29.2. The van der Waals surface area contributed by atoms with Gasteiger partial charge in [-0.2, -0.15) is 0 Å². The molecular weight excluding hydrogens is 522 g/mol. The van der Waals surface area contributed by atoms with Gasteiger partial charge in [-0.05, 0) is 23.6 Å². The summed E-state index contributed by atoms with van der Waals surface area (Å²) < 4.78 is 0. The van der Waals surface area contributed by atoms with E-state index in [1.54, 1.807) is 36.5 Å². The number of benzene rings is 2. The van der Waals surface area contributed by atoms with Crippen LogP contribution < -0.4 is 21.7 Å². The zero-order valence-electron chi connectivity index (χ0n) is 21.4. The lowest BCUT2D eigenvalue weighted by Crippen LogP contribution is -2.58. The highest BCUT2D eigenvalue weighted by molar-refractivity contribution is 5.96. The molecule has 13 heteroatoms. The monoisotopic (exact) mass is 553 g/mol. The minimum Gasteiger partial charge on any atom is -0.481 e. The predicted octanol–water partition coefficient (Wildman–Crippen LogP) is -0.714. The van der Waals surface area contributed by atoms with E-state index in [-0.39, 0.29) is 12.8 Å². The fourth-order valence-electron chi connectivity index (χ4n) is 4.08. The van der Waals surface area contributed by atoms with Gasteiger partial charge >= 0.3 is 11.9 Å². The number of aliphatic hydroxyl groups excluding tert-OH is 1. The van der Waals surface area contributed by atoms with E-state index in [9.17, 15) is 39.3 Å². The molecule has 0 aliphatic rings. The fraction of sp³-hybridized carbons (Fsp3) is 0.296. The van der Waals surface area contributed by atoms with Crippen LogP contribution in [-0.4, -0.2) is 80.7 Å². The van der Waals surface area contributed by atoms with Gasteiger partial charge < -0.3 is 42.0 Å². The Morgan fingerprint density at radius 1 is 0.775 bits per heavy atom. The van der Waals surface area contributed by atoms with Gasteiger partial charge in [0.05, 0.1) is 19.1 Å². The Morgan fingerprint density at radius 3 is 2.02 bits per heavy atom. The Labute approximate surface area is 228 Å². The van der Waals surface area contributed by atoms with Crippen molar-refractivity contribution in [2.75, 3.05) is 6.61 Å². The number of aliphatic carboxylic acids is 2. The van der Waals surface area contributed by atoms with E-state index >= 15 is 0 Å². The summed E-state index contributed by atoms with van der Waals surface area (Å²) in [6.07, 6.45) is 0.879. The van der Waals surface area contributed by atoms with Crippen LogP contribution in [0.15, 0.2) is 60.8 Å². The van der Waals surface area contributed by atoms with Gasteiger partial charge in [0, 0.05) is 23.5 Å². The van der Waals surface area contributed by atoms with Crippen molar-refractivity contribution in [2.45, 2.75) is 43.4 Å². The summed E-state index contributed by atoms with van der Waals surface area (Å²) in [5.41, 5.74) is 8.26. The molecule has 212 valence electrons. The van der Waals surface area contributed by atoms with Gasteiger partial charge in [-0.1, -0.05) is 48.5 Å². The van der Waals surface area contributed by atoms with Crippen LogP contribution in [-0.2, 0) is 36.8 Å². The molecule has 0 spiro atoms. The van der Waals surface area contributed by atoms with Gasteiger partial charge in [-0.15, -0.1) is 0 Å². The standard InChI is InChI=1S/C27H31N5O8/c28-18(11-16-13-29-19-9-5-4-8-17(16)19)24(36)32-22(14-33)26(38)30-20(12-23(34)35)25(37)31-21(27(39)40)10-15-6-2-1-3-7-15/h1-9,13,18,20-22,29,33H,10-12,14,28H2,(H,30,38)(H,31,37)(H,32,36)(H,34,35)(H,39,40). The van der Waals surface area contributed by atoms with Gasteiger partial charge in [0.15, 0.2) is 0 Å². The Hall–Kier alpha value is -4.75. The number of fused-ring (bicyclic) bond motifs is 1. The topological polar surface area (TPSA) is 224 Å². The number of H-pyrrole nitrogens is 1. The number of aliphatic hydroxyl groups is 1. The molecule has 13 nitrogen and oxygen atoms in total. The van der Waals surface area contributed by atoms with Crippen molar-refractivity contribution in [2.24, 2.45) is 5.73 Å². The lowest BCUT2D eigenvalue weighted by molar-refractivity contribution is -0.143. The number of rotatable bonds is 14. The highest BCUT2D eigenvalue weighted by atomic mass is 16.4. The van der Waals surface area contributed by atoms with Crippen molar-refractivity contribution in [3.63, 3.8) is 0 Å². The van der Waals surface area contributed by atoms with E-state index in [4.69, 9.17) is 5.73 Å². The van der Waals surface area contributed by atoms with E-state index in [2.05, 4.69) is 20.9 Å². The first kappa shape index (κ1) is 29.8. The molecule has 4 atom stereocenters. The van der Waals surface area contributed by atoms with Crippen LogP contribution in [0.2, 0.25) is 0 Å². The number of aromatic nitrogens is 1. The summed E-state index contributed by atoms with van der Waals surface area (Å²) >= 11 is 0. The smallest absolute Gasteiger partial charge is 0.326 e. The number of carboxylic acid groups (broad SMARTS) is 2. The van der Waals surface area contributed by atoms with Crippen LogP contribution in [0, 0.1) is 0 Å². The van der Waals surface area contributed by atoms with Crippen molar-refractivity contribution < 1.29 is 39.3 Å². The highest BCUT2D eigenvalue weighted by Gasteiger charge is 2.31. The van der Waals surface area contributed by atoms with Gasteiger partial charge in [-0.3, -0.25) is 19.2 Å². The first-order valence-electron chi connectivity index (χ1n) is 12.4. The number of hydrogen-bond acceptors (Lipinski definition) is 7. The van der Waals surface area contributed by atoms with Crippen molar-refractivity contribution in [1.29, 1.82) is 0 Å². The number of hydrogen-bond donors (Lipinski definition) is 8. The van der Waals surface area contributed by atoms with E-state index in [1.165, 1.54) is 0 Å². The van der Waals surface area contributed by atoms with Crippen molar-refractivity contribution in [3.05, 3.63) is 71.9 Å². The number of carbonyl (C=O) groups excluding carboxylic acids is 3. The fourth-order valence-corrected chi connectivity index (χ4v) is 4.08. The minimum atomic E-state index is -1.69. The van der Waals surface area contributed by atoms with Crippen LogP contribution in [0.25, 0.3) is 10.9 Å². The molecule has 0 saturated carbocycles. The number of para-hydroxylation sites is 1. The summed E-state index contributed by atoms with van der Waals surface area (Å²) in [6, 6.07) is 10.1. The minimum absolute atomic E-state index is 0.0840. The molecule has 3 amide bonds. The molecule has 2 aromatic carbocycles. The Kier molecular flexibility index (Phi) is 10.3. The maximum Gasteiger partial charge on any atom is 0.326 e. The predicted molar refractivity (Wildman–Crippen MR) is 143 cm³/mol. The summed E-state index contributed by atoms with van der Waals surface area (Å²) in [5.74, 6) is -5.67. The molecule has 4 unspecified atom stereocenters. The third-order valence-corrected chi connectivity index (χ3v) is 6.18. The number of carboxylic acids is 2. The second-order valence-electron chi connectivity index (χ2n) is 9.16. The molecule has 0 saturated heterocycles. The molecular formula is C27H31N5O8. The maximum atomic E-state index is 12.8. The number of carbonyl (C=O) groups is 5. The Bertz CT molecular complexity index is 1360. The number of nitrogens with two attached hydrogens (primary N) is 1. The third kappa shape index (κ3) is 8.12. The van der Waals surface area contributed by atoms with Gasteiger partial charge in [0.25, 0.3) is 0 Å². The summed E-state index contributed by atoms with van der Waals surface area (Å²) in [4.78, 5) is 64.5. The number of aromatic amines is 1. The molecule has 3 aromatic rings. The molecule has 0 aliphatic heterocycles. The first-order chi connectivity index (χ1) is 19.1. The summed E-state index contributed by atoms with van der Waals surface area (Å²) in [5, 5.41) is 36.1. The van der Waals surface area contributed by atoms with Gasteiger partial charge in [0.1, 0.15) is 18.1 Å². The quantitative estimate of drug-likeness (QED) is 0.126. The maximum absolute atomic E-state index is 12.8. The highest BCUT2D eigenvalue weighted by Crippen LogP contribution is 2.18. The zero-order valence-corrected chi connectivity index (χ0v) is 21.4. The molecule has 3 rings (SSSR count). The number of nitrogens with one attached hydrogen (secondary N) is 4. The molecule has 40 heavy (non-hydrogen) atoms. The van der Waals surface area contributed by atoms with Crippen molar-refractivity contribution in [1.82, 2.24) is 20.9 Å². The summed E-state index contributed by atoms with van der Waals surface area (Å²) in [6.45, 7) is -0.870. The van der Waals surface area contributed by atoms with Crippen molar-refractivity contribution >= 4 is 40.6 Å². The largest absolute Gasteiger partial charge is 0.481 e. The Morgan fingerprint density at radius 2 is 1.38 bits per heavy atom. The van der Waals surface area contributed by atoms with Gasteiger partial charge in [0.2, 0.25) is 17.7 Å². The molecule has 1 heterocycles. The second-order valence-corrected chi connectivity index (χ2v) is 9.16. The molecule has 1 aromatic heterocycles. The average Bonchev–Trinajstić information content (AvgIpc) is 3.33. The molecule has 0 aliphatic carbocycles. The molecule has 0 radical (unpaired) electrons. The molecule has 0 bridgehead atoms. The van der Waals surface area contributed by atoms with Crippen LogP contribution >= 0.6 is 0 Å². The van der Waals surface area contributed by atoms with E-state index in [0.29, 0.717) is 5.56 Å². The molecule has 9 N–H and O–H groups in total. The first-order valence-corrected chi connectivity index (χ1v) is 12.4. The van der Waals surface area contributed by atoms with Gasteiger partial charge in [-0.25, -0.2) is 4.79 Å². The van der Waals surface area contributed by atoms with Crippen LogP contribution in [0.5, 0.6) is 0 Å². The average molecular weight is 554 g/mol. The lowest BCUT2D eigenvalue weighted by atomic mass is 10.0. The van der Waals surface area contributed by atoms with E-state index in [0.717, 1.165) is 16.5 Å². The lowest BCUT2D eigenvalue weighted by Gasteiger charge is -2.23. The SMILES string of the molecule is NC(Cc1c[nH]c2ccccc12)C(=O)NC(CO)C(=O)NC(CC(=O)O)C(=O)NC(Cc1ccccc1)C(=O)O. The Balaban J connectivity index is 1.64. The van der Waals surface area contributed by atoms with Crippen molar-refractivity contribution in [3.8, 4) is 0 Å². The van der Waals surface area contributed by atoms with Crippen LogP contribution in [0.3, 0.4) is 0 Å². The van der Waals surface area contributed by atoms with Crippen LogP contribution in [0.1, 0.15) is 17.5 Å². The normalized spacial score (nSPS) is 13.9. The second kappa shape index (κ2) is 13.9. The number of amides is 3. The van der Waals surface area contributed by atoms with E-state index in [1.807, 2.05) is 24.3 Å². The third-order valence-electron chi connectivity index (χ3n) is 6.18. The summed E-state index contributed by atoms with van der Waals surface area (Å²) in [7, 11) is 0. The van der Waals surface area contributed by atoms with E-state index < -0.39 is 66.9 Å². The molecule has 0 fully saturated rings.